The molecule has 0 fully saturated rings. The Labute approximate surface area is 168 Å². The number of fused-ring (bicyclic) bond motifs is 2. The van der Waals surface area contributed by atoms with Crippen LogP contribution in [0.4, 0.5) is 8.78 Å². The summed E-state index contributed by atoms with van der Waals surface area (Å²) in [6, 6.07) is 16.7. The van der Waals surface area contributed by atoms with Crippen molar-refractivity contribution in [3.8, 4) is 5.75 Å². The summed E-state index contributed by atoms with van der Waals surface area (Å²) >= 11 is 0. The van der Waals surface area contributed by atoms with E-state index in [4.69, 9.17) is 0 Å². The molecule has 0 saturated carbocycles. The largest absolute Gasteiger partial charge is 0.434 e. The second-order valence-electron chi connectivity index (χ2n) is 6.22. The maximum absolute atomic E-state index is 12.8. The van der Waals surface area contributed by atoms with Gasteiger partial charge in [0.15, 0.2) is 5.69 Å². The highest BCUT2D eigenvalue weighted by Crippen LogP contribution is 2.27. The van der Waals surface area contributed by atoms with Crippen LogP contribution in [-0.4, -0.2) is 28.9 Å². The Morgan fingerprint density at radius 3 is 2.50 bits per heavy atom. The van der Waals surface area contributed by atoms with Crippen molar-refractivity contribution in [2.45, 2.75) is 6.61 Å². The van der Waals surface area contributed by atoms with E-state index in [1.54, 1.807) is 42.5 Å². The second-order valence-corrected chi connectivity index (χ2v) is 6.22. The van der Waals surface area contributed by atoms with E-state index in [2.05, 4.69) is 25.5 Å². The Morgan fingerprint density at radius 2 is 1.73 bits per heavy atom. The van der Waals surface area contributed by atoms with E-state index in [9.17, 15) is 18.4 Å². The lowest BCUT2D eigenvalue weighted by Gasteiger charge is -2.10. The first-order valence-corrected chi connectivity index (χ1v) is 8.82. The number of H-pyrrole nitrogens is 1. The number of nitrogens with one attached hydrogen (secondary N) is 2. The number of carbonyl (C=O) groups excluding carboxylic acids is 1. The summed E-state index contributed by atoms with van der Waals surface area (Å²) in [5.74, 6) is -0.746. The van der Waals surface area contributed by atoms with Gasteiger partial charge < -0.3 is 4.74 Å². The van der Waals surface area contributed by atoms with Gasteiger partial charge in [-0.2, -0.15) is 19.0 Å². The lowest BCUT2D eigenvalue weighted by Crippen LogP contribution is -2.22. The normalized spacial score (nSPS) is 11.4. The number of hydrazone groups is 1. The summed E-state index contributed by atoms with van der Waals surface area (Å²) in [4.78, 5) is 24.4. The molecule has 0 aliphatic heterocycles. The number of benzene rings is 3. The molecule has 9 heteroatoms. The number of rotatable bonds is 5. The van der Waals surface area contributed by atoms with E-state index >= 15 is 0 Å². The summed E-state index contributed by atoms with van der Waals surface area (Å²) in [6.07, 6.45) is 1.23. The number of ether oxygens (including phenoxy) is 1. The lowest BCUT2D eigenvalue weighted by atomic mass is 10.0. The van der Waals surface area contributed by atoms with Gasteiger partial charge >= 0.3 is 6.61 Å². The standard InChI is InChI=1S/C21H14F2N4O3/c22-21(23)30-17-10-9-12-5-1-2-6-13(12)16(17)11-24-26-20(29)18-14-7-3-4-8-15(14)19(28)27-25-18/h1-11,21H,(H,26,29)(H,27,28)/b24-11+. The van der Waals surface area contributed by atoms with Crippen LogP contribution in [0.15, 0.2) is 70.6 Å². The molecule has 0 unspecified atom stereocenters. The summed E-state index contributed by atoms with van der Waals surface area (Å²) < 4.78 is 30.1. The number of carbonyl (C=O) groups is 1. The summed E-state index contributed by atoms with van der Waals surface area (Å²) in [5.41, 5.74) is 2.15. The third kappa shape index (κ3) is 3.72. The van der Waals surface area contributed by atoms with Gasteiger partial charge in [-0.05, 0) is 22.9 Å². The lowest BCUT2D eigenvalue weighted by molar-refractivity contribution is -0.0498. The Morgan fingerprint density at radius 1 is 1.03 bits per heavy atom. The van der Waals surface area contributed by atoms with Gasteiger partial charge in [-0.25, -0.2) is 10.5 Å². The molecule has 0 bridgehead atoms. The highest BCUT2D eigenvalue weighted by Gasteiger charge is 2.14. The van der Waals surface area contributed by atoms with E-state index in [0.717, 1.165) is 5.39 Å². The molecule has 0 radical (unpaired) electrons. The van der Waals surface area contributed by atoms with Gasteiger partial charge in [0.1, 0.15) is 5.75 Å². The third-order valence-corrected chi connectivity index (χ3v) is 4.42. The van der Waals surface area contributed by atoms with E-state index < -0.39 is 18.1 Å². The minimum absolute atomic E-state index is 0.0238. The van der Waals surface area contributed by atoms with Crippen LogP contribution >= 0.6 is 0 Å². The van der Waals surface area contributed by atoms with Crippen LogP contribution in [0, 0.1) is 0 Å². The average Bonchev–Trinajstić information content (AvgIpc) is 2.75. The fourth-order valence-corrected chi connectivity index (χ4v) is 3.10. The van der Waals surface area contributed by atoms with Gasteiger partial charge in [0.2, 0.25) is 0 Å². The minimum Gasteiger partial charge on any atom is -0.434 e. The maximum atomic E-state index is 12.8. The van der Waals surface area contributed by atoms with Crippen molar-refractivity contribution in [1.29, 1.82) is 0 Å². The molecule has 0 atom stereocenters. The van der Waals surface area contributed by atoms with Crippen molar-refractivity contribution >= 4 is 33.7 Å². The molecular formula is C21H14F2N4O3. The molecule has 1 amide bonds. The third-order valence-electron chi connectivity index (χ3n) is 4.42. The highest BCUT2D eigenvalue weighted by molar-refractivity contribution is 6.06. The number of hydrogen-bond donors (Lipinski definition) is 2. The summed E-state index contributed by atoms with van der Waals surface area (Å²) in [5, 5.41) is 12.0. The molecule has 2 N–H and O–H groups in total. The highest BCUT2D eigenvalue weighted by atomic mass is 19.3. The number of alkyl halides is 2. The maximum Gasteiger partial charge on any atom is 0.387 e. The van der Waals surface area contributed by atoms with Crippen LogP contribution in [0.25, 0.3) is 21.5 Å². The Balaban J connectivity index is 1.67. The zero-order chi connectivity index (χ0) is 21.1. The number of halogens is 2. The van der Waals surface area contributed by atoms with E-state index in [1.165, 1.54) is 12.3 Å². The topological polar surface area (TPSA) is 96.4 Å². The molecule has 4 rings (SSSR count). The number of amides is 1. The van der Waals surface area contributed by atoms with Crippen LogP contribution < -0.4 is 15.7 Å². The molecule has 150 valence electrons. The zero-order valence-corrected chi connectivity index (χ0v) is 15.3. The first-order chi connectivity index (χ1) is 14.5. The van der Waals surface area contributed by atoms with Gasteiger partial charge in [0.25, 0.3) is 11.5 Å². The Bertz CT molecular complexity index is 1330. The fourth-order valence-electron chi connectivity index (χ4n) is 3.10. The molecule has 0 aliphatic carbocycles. The van der Waals surface area contributed by atoms with Gasteiger partial charge in [-0.1, -0.05) is 48.5 Å². The van der Waals surface area contributed by atoms with Crippen LogP contribution in [0.2, 0.25) is 0 Å². The number of nitrogens with zero attached hydrogens (tertiary/aromatic N) is 2. The molecule has 7 nitrogen and oxygen atoms in total. The van der Waals surface area contributed by atoms with E-state index in [1.807, 2.05) is 12.1 Å². The van der Waals surface area contributed by atoms with E-state index in [0.29, 0.717) is 16.2 Å². The van der Waals surface area contributed by atoms with Crippen LogP contribution in [0.5, 0.6) is 5.75 Å². The number of hydrogen-bond acceptors (Lipinski definition) is 5. The molecule has 30 heavy (non-hydrogen) atoms. The van der Waals surface area contributed by atoms with Crippen molar-refractivity contribution in [3.05, 3.63) is 82.3 Å². The molecule has 3 aromatic carbocycles. The van der Waals surface area contributed by atoms with Gasteiger partial charge in [-0.3, -0.25) is 9.59 Å². The molecule has 1 heterocycles. The van der Waals surface area contributed by atoms with Gasteiger partial charge in [0, 0.05) is 10.9 Å². The minimum atomic E-state index is -3.01. The fraction of sp³-hybridized carbons (Fsp3) is 0.0476. The monoisotopic (exact) mass is 408 g/mol. The first kappa shape index (κ1) is 19.2. The molecule has 4 aromatic rings. The number of aromatic nitrogens is 2. The molecule has 0 saturated heterocycles. The Hall–Kier alpha value is -4.14. The SMILES string of the molecule is O=C(N/N=C/c1c(OC(F)F)ccc2ccccc12)c1n[nH]c(=O)c2ccccc12. The van der Waals surface area contributed by atoms with Crippen LogP contribution in [0.1, 0.15) is 16.1 Å². The van der Waals surface area contributed by atoms with E-state index in [-0.39, 0.29) is 17.0 Å². The van der Waals surface area contributed by atoms with Gasteiger partial charge in [-0.15, -0.1) is 0 Å². The molecular weight excluding hydrogens is 394 g/mol. The van der Waals surface area contributed by atoms with Crippen molar-refractivity contribution in [3.63, 3.8) is 0 Å². The zero-order valence-electron chi connectivity index (χ0n) is 15.3. The molecule has 1 aromatic heterocycles. The number of aromatic amines is 1. The van der Waals surface area contributed by atoms with Crippen LogP contribution in [0.3, 0.4) is 0 Å². The quantitative estimate of drug-likeness (QED) is 0.391. The second kappa shape index (κ2) is 8.08. The summed E-state index contributed by atoms with van der Waals surface area (Å²) in [7, 11) is 0. The first-order valence-electron chi connectivity index (χ1n) is 8.82. The average molecular weight is 408 g/mol. The Kier molecular flexibility index (Phi) is 5.17. The van der Waals surface area contributed by atoms with Crippen LogP contribution in [-0.2, 0) is 0 Å². The van der Waals surface area contributed by atoms with Crippen molar-refractivity contribution in [2.75, 3.05) is 0 Å². The smallest absolute Gasteiger partial charge is 0.387 e. The predicted molar refractivity (Wildman–Crippen MR) is 108 cm³/mol. The van der Waals surface area contributed by atoms with Crippen molar-refractivity contribution in [1.82, 2.24) is 15.6 Å². The molecule has 0 spiro atoms. The summed E-state index contributed by atoms with van der Waals surface area (Å²) in [6.45, 7) is -3.01. The van der Waals surface area contributed by atoms with Crippen molar-refractivity contribution in [2.24, 2.45) is 5.10 Å². The van der Waals surface area contributed by atoms with Crippen molar-refractivity contribution < 1.29 is 18.3 Å². The van der Waals surface area contributed by atoms with Gasteiger partial charge in [0.05, 0.1) is 11.6 Å². The predicted octanol–water partition coefficient (Wildman–Crippen LogP) is 3.44. The molecule has 0 aliphatic rings.